The molecule has 3 unspecified atom stereocenters. The number of allylic oxidation sites excluding steroid dienone is 1. The van der Waals surface area contributed by atoms with Crippen molar-refractivity contribution in [3.8, 4) is 0 Å². The van der Waals surface area contributed by atoms with Crippen LogP contribution in [-0.2, 0) is 23.8 Å². The van der Waals surface area contributed by atoms with E-state index in [9.17, 15) is 24.3 Å². The molecule has 0 aliphatic carbocycles. The molecule has 7 atom stereocenters. The molecule has 35 heavy (non-hydrogen) atoms. The van der Waals surface area contributed by atoms with Crippen molar-refractivity contribution in [2.75, 3.05) is 13.7 Å². The molecule has 0 bridgehead atoms. The number of fused-ring (bicyclic) bond motifs is 1. The summed E-state index contributed by atoms with van der Waals surface area (Å²) in [7, 11) is 1.55. The van der Waals surface area contributed by atoms with Gasteiger partial charge in [-0.15, -0.1) is 0 Å². The van der Waals surface area contributed by atoms with Gasteiger partial charge in [0.1, 0.15) is 24.0 Å². The minimum Gasteiger partial charge on any atom is -0.461 e. The van der Waals surface area contributed by atoms with Crippen LogP contribution < -0.4 is 5.84 Å². The highest BCUT2D eigenvalue weighted by molar-refractivity contribution is 5.85. The molecule has 198 valence electrons. The van der Waals surface area contributed by atoms with Crippen molar-refractivity contribution in [2.24, 2.45) is 23.6 Å². The maximum absolute atomic E-state index is 13.5. The lowest BCUT2D eigenvalue weighted by molar-refractivity contribution is -0.160. The van der Waals surface area contributed by atoms with Gasteiger partial charge in [-0.1, -0.05) is 19.9 Å². The number of amides is 2. The first-order valence-electron chi connectivity index (χ1n) is 11.9. The van der Waals surface area contributed by atoms with Crippen LogP contribution >= 0.6 is 0 Å². The van der Waals surface area contributed by atoms with Gasteiger partial charge in [-0.3, -0.25) is 14.5 Å². The summed E-state index contributed by atoms with van der Waals surface area (Å²) in [5.74, 6) is 2.85. The molecule has 2 aliphatic rings. The molecule has 0 aromatic carbocycles. The Bertz CT molecular complexity index is 864. The van der Waals surface area contributed by atoms with E-state index in [1.165, 1.54) is 11.8 Å². The summed E-state index contributed by atoms with van der Waals surface area (Å²) >= 11 is 0. The second-order valence-corrected chi connectivity index (χ2v) is 10.2. The van der Waals surface area contributed by atoms with E-state index in [1.807, 2.05) is 0 Å². The molecule has 0 saturated carbocycles. The third-order valence-corrected chi connectivity index (χ3v) is 7.02. The van der Waals surface area contributed by atoms with Gasteiger partial charge in [0.2, 0.25) is 0 Å². The monoisotopic (exact) mass is 497 g/mol. The number of carbonyl (C=O) groups excluding carboxylic acids is 4. The molecule has 3 N–H and O–H groups in total. The topological polar surface area (TPSA) is 149 Å². The zero-order chi connectivity index (χ0) is 26.7. The quantitative estimate of drug-likeness (QED) is 0.254. The molecular formula is C24H39N3O8. The highest BCUT2D eigenvalue weighted by atomic mass is 16.6. The van der Waals surface area contributed by atoms with Crippen LogP contribution in [0.4, 0.5) is 9.59 Å². The number of carbonyl (C=O) groups is 4. The summed E-state index contributed by atoms with van der Waals surface area (Å²) in [6, 6.07) is -0.893. The predicted molar refractivity (Wildman–Crippen MR) is 125 cm³/mol. The Morgan fingerprint density at radius 1 is 1.23 bits per heavy atom. The van der Waals surface area contributed by atoms with Gasteiger partial charge in [0.25, 0.3) is 0 Å². The van der Waals surface area contributed by atoms with E-state index in [0.717, 1.165) is 5.01 Å². The number of rotatable bonds is 2. The van der Waals surface area contributed by atoms with Crippen LogP contribution in [0.5, 0.6) is 0 Å². The number of aliphatic hydroxyl groups excluding tert-OH is 1. The maximum atomic E-state index is 13.5. The van der Waals surface area contributed by atoms with Crippen molar-refractivity contribution in [1.82, 2.24) is 9.91 Å². The van der Waals surface area contributed by atoms with Gasteiger partial charge in [0.15, 0.2) is 5.60 Å². The van der Waals surface area contributed by atoms with Crippen LogP contribution in [0.3, 0.4) is 0 Å². The first-order valence-corrected chi connectivity index (χ1v) is 11.9. The summed E-state index contributed by atoms with van der Waals surface area (Å²) in [5, 5.41) is 11.5. The van der Waals surface area contributed by atoms with Crippen LogP contribution in [-0.4, -0.2) is 76.0 Å². The minimum atomic E-state index is -1.37. The van der Waals surface area contributed by atoms with Crippen molar-refractivity contribution in [1.29, 1.82) is 0 Å². The molecule has 0 radical (unpaired) electrons. The average Bonchev–Trinajstić information content (AvgIpc) is 3.01. The Morgan fingerprint density at radius 3 is 2.46 bits per heavy atom. The zero-order valence-electron chi connectivity index (χ0n) is 21.6. The maximum Gasteiger partial charge on any atom is 0.425 e. The number of aliphatic hydroxyl groups is 1. The summed E-state index contributed by atoms with van der Waals surface area (Å²) < 4.78 is 16.6. The smallest absolute Gasteiger partial charge is 0.425 e. The highest BCUT2D eigenvalue weighted by Crippen LogP contribution is 2.37. The van der Waals surface area contributed by atoms with Crippen LogP contribution in [0.25, 0.3) is 0 Å². The minimum absolute atomic E-state index is 0.134. The average molecular weight is 498 g/mol. The lowest BCUT2D eigenvalue weighted by Crippen LogP contribution is -2.55. The second-order valence-electron chi connectivity index (χ2n) is 10.2. The largest absolute Gasteiger partial charge is 0.461 e. The number of ether oxygens (including phenoxy) is 3. The first kappa shape index (κ1) is 28.6. The molecule has 2 rings (SSSR count). The van der Waals surface area contributed by atoms with Gasteiger partial charge in [0.05, 0.1) is 12.0 Å². The Balaban J connectivity index is 2.43. The number of cyclic esters (lactones) is 1. The van der Waals surface area contributed by atoms with E-state index in [2.05, 4.69) is 0 Å². The van der Waals surface area contributed by atoms with Crippen molar-refractivity contribution in [2.45, 2.75) is 84.2 Å². The molecule has 2 fully saturated rings. The van der Waals surface area contributed by atoms with Crippen LogP contribution in [0.2, 0.25) is 0 Å². The molecule has 0 aromatic heterocycles. The van der Waals surface area contributed by atoms with Gasteiger partial charge in [-0.05, 0) is 47.0 Å². The molecule has 2 amide bonds. The highest BCUT2D eigenvalue weighted by Gasteiger charge is 2.55. The van der Waals surface area contributed by atoms with Crippen LogP contribution in [0.1, 0.15) is 60.8 Å². The third-order valence-electron chi connectivity index (χ3n) is 7.02. The normalized spacial score (nSPS) is 37.3. The number of esters is 1. The zero-order valence-corrected chi connectivity index (χ0v) is 21.6. The fourth-order valence-electron chi connectivity index (χ4n) is 4.93. The third kappa shape index (κ3) is 6.32. The van der Waals surface area contributed by atoms with E-state index in [4.69, 9.17) is 20.1 Å². The van der Waals surface area contributed by atoms with E-state index in [1.54, 1.807) is 53.9 Å². The number of nitrogens with two attached hydrogens (primary N) is 1. The van der Waals surface area contributed by atoms with Gasteiger partial charge >= 0.3 is 18.2 Å². The number of nitrogens with zero attached hydrogens (tertiary/aromatic N) is 2. The number of Topliss-reactive ketones (excluding diaryl/α,β-unsaturated/α-hetero) is 1. The standard InChI is InChI=1S/C24H39N3O8/c1-8-11-26(7)21(31)34-23(5)10-9-17(28)15(3)20(30)33-13-24(6)19(27(25)22(32)35-24)16(4)18(29)14(2)12-23/h8,11,14-17,19,28H,9-10,12-13,25H2,1-7H3/b11-8-/t14-,15?,16?,17+,19?,23+,24-/m1/s1. The van der Waals surface area contributed by atoms with Crippen LogP contribution in [0, 0.1) is 17.8 Å². The van der Waals surface area contributed by atoms with Crippen molar-refractivity contribution >= 4 is 23.9 Å². The lowest BCUT2D eigenvalue weighted by atomic mass is 9.77. The Kier molecular flexibility index (Phi) is 8.94. The van der Waals surface area contributed by atoms with Gasteiger partial charge < -0.3 is 19.3 Å². The Hall–Kier alpha value is -2.66. The first-order chi connectivity index (χ1) is 16.2. The SMILES string of the molecule is C/C=C\N(C)C(=O)O[C@@]1(C)CC[C@H](O)C(C)C(=O)OC[C@@]2(C)OC(=O)N(N)C2C(C)C(=O)[C@H](C)C1. The van der Waals surface area contributed by atoms with Gasteiger partial charge in [0, 0.05) is 25.1 Å². The fraction of sp³-hybridized carbons (Fsp3) is 0.750. The molecular weight excluding hydrogens is 458 g/mol. The summed E-state index contributed by atoms with van der Waals surface area (Å²) in [4.78, 5) is 52.3. The Morgan fingerprint density at radius 2 is 1.86 bits per heavy atom. The molecule has 2 aliphatic heterocycles. The van der Waals surface area contributed by atoms with Crippen LogP contribution in [0.15, 0.2) is 12.3 Å². The van der Waals surface area contributed by atoms with E-state index >= 15 is 0 Å². The van der Waals surface area contributed by atoms with E-state index in [0.29, 0.717) is 0 Å². The number of hydrazine groups is 1. The molecule has 11 heteroatoms. The van der Waals surface area contributed by atoms with E-state index < -0.39 is 59.3 Å². The Labute approximate surface area is 206 Å². The molecule has 2 saturated heterocycles. The fourth-order valence-corrected chi connectivity index (χ4v) is 4.93. The number of hydrogen-bond acceptors (Lipinski definition) is 9. The summed E-state index contributed by atoms with van der Waals surface area (Å²) in [5.41, 5.74) is -2.49. The van der Waals surface area contributed by atoms with Crippen molar-refractivity contribution in [3.63, 3.8) is 0 Å². The molecule has 0 aromatic rings. The summed E-state index contributed by atoms with van der Waals surface area (Å²) in [6.07, 6.45) is 1.21. The summed E-state index contributed by atoms with van der Waals surface area (Å²) in [6.45, 7) is 9.61. The van der Waals surface area contributed by atoms with Gasteiger partial charge in [-0.25, -0.2) is 20.4 Å². The molecule has 11 nitrogen and oxygen atoms in total. The number of ketones is 1. The van der Waals surface area contributed by atoms with Crippen molar-refractivity contribution < 1.29 is 38.5 Å². The van der Waals surface area contributed by atoms with Crippen molar-refractivity contribution in [3.05, 3.63) is 12.3 Å². The van der Waals surface area contributed by atoms with Gasteiger partial charge in [-0.2, -0.15) is 0 Å². The lowest BCUT2D eigenvalue weighted by Gasteiger charge is -2.37. The van der Waals surface area contributed by atoms with E-state index in [-0.39, 0.29) is 31.7 Å². The molecule has 2 heterocycles. The number of hydrogen-bond donors (Lipinski definition) is 2. The predicted octanol–water partition coefficient (Wildman–Crippen LogP) is 2.37. The second kappa shape index (κ2) is 10.9. The molecule has 0 spiro atoms.